The second-order valence-electron chi connectivity index (χ2n) is 6.52. The third-order valence-corrected chi connectivity index (χ3v) is 4.34. The Balaban J connectivity index is 2.43. The molecule has 0 spiro atoms. The number of carbonyl (C=O) groups is 3. The van der Waals surface area contributed by atoms with Gasteiger partial charge in [-0.15, -0.1) is 0 Å². The summed E-state index contributed by atoms with van der Waals surface area (Å²) in [4.78, 5) is 37.0. The number of carboxylic acid groups (broad SMARTS) is 1. The van der Waals surface area contributed by atoms with Crippen LogP contribution in [0.2, 0.25) is 0 Å². The lowest BCUT2D eigenvalue weighted by molar-refractivity contribution is -0.148. The number of benzene rings is 2. The number of Topliss-reactive ketones (excluding diaryl/α,β-unsaturated/α-hetero) is 2. The largest absolute Gasteiger partial charge is 0.481 e. The number of aliphatic carboxylic acids is 1. The van der Waals surface area contributed by atoms with Crippen molar-refractivity contribution < 1.29 is 23.9 Å². The molecule has 2 aromatic rings. The van der Waals surface area contributed by atoms with Crippen LogP contribution in [0.15, 0.2) is 54.6 Å². The number of hydrogen-bond acceptors (Lipinski definition) is 3. The van der Waals surface area contributed by atoms with Crippen molar-refractivity contribution in [1.82, 2.24) is 0 Å². The number of hydrogen-bond donors (Lipinski definition) is 1. The highest BCUT2D eigenvalue weighted by atomic mass is 19.1. The fraction of sp³-hybridized carbons (Fsp3) is 0.286. The summed E-state index contributed by atoms with van der Waals surface area (Å²) in [5.74, 6) is -5.19. The Kier molecular flexibility index (Phi) is 6.39. The van der Waals surface area contributed by atoms with Gasteiger partial charge in [0, 0.05) is 23.8 Å². The Morgan fingerprint density at radius 2 is 1.54 bits per heavy atom. The highest BCUT2D eigenvalue weighted by Gasteiger charge is 2.38. The maximum Gasteiger partial charge on any atom is 0.314 e. The highest BCUT2D eigenvalue weighted by Crippen LogP contribution is 2.32. The molecule has 2 rings (SSSR count). The molecule has 1 N–H and O–H groups in total. The second kappa shape index (κ2) is 8.52. The van der Waals surface area contributed by atoms with Crippen LogP contribution in [-0.2, 0) is 9.59 Å². The molecule has 4 nitrogen and oxygen atoms in total. The van der Waals surface area contributed by atoms with Crippen molar-refractivity contribution in [1.29, 1.82) is 0 Å². The van der Waals surface area contributed by atoms with E-state index in [4.69, 9.17) is 0 Å². The summed E-state index contributed by atoms with van der Waals surface area (Å²) in [6.45, 7) is 3.25. The van der Waals surface area contributed by atoms with E-state index >= 15 is 0 Å². The molecule has 0 fully saturated rings. The first-order chi connectivity index (χ1) is 12.3. The molecule has 0 radical (unpaired) electrons. The van der Waals surface area contributed by atoms with Crippen LogP contribution in [-0.4, -0.2) is 22.6 Å². The van der Waals surface area contributed by atoms with Gasteiger partial charge in [0.25, 0.3) is 0 Å². The Bertz CT molecular complexity index is 781. The maximum atomic E-state index is 13.3. The van der Waals surface area contributed by atoms with Gasteiger partial charge in [-0.1, -0.05) is 56.3 Å². The molecule has 0 heterocycles. The molecule has 0 bridgehead atoms. The Hall–Kier alpha value is -2.82. The van der Waals surface area contributed by atoms with E-state index in [9.17, 15) is 23.9 Å². The zero-order chi connectivity index (χ0) is 19.3. The number of ketones is 2. The SMILES string of the molecule is CC(C)C(=O)C(C(=O)O)C(CC(=O)c1ccccc1)c1ccc(F)cc1. The minimum Gasteiger partial charge on any atom is -0.481 e. The van der Waals surface area contributed by atoms with Crippen molar-refractivity contribution in [3.8, 4) is 0 Å². The summed E-state index contributed by atoms with van der Waals surface area (Å²) in [6, 6.07) is 13.8. The van der Waals surface area contributed by atoms with Crippen molar-refractivity contribution in [3.05, 3.63) is 71.5 Å². The minimum atomic E-state index is -1.37. The predicted octanol–water partition coefficient (Wildman–Crippen LogP) is 4.11. The van der Waals surface area contributed by atoms with E-state index in [0.29, 0.717) is 11.1 Å². The zero-order valence-corrected chi connectivity index (χ0v) is 14.7. The molecule has 0 aliphatic carbocycles. The molecular weight excluding hydrogens is 335 g/mol. The summed E-state index contributed by atoms with van der Waals surface area (Å²) in [6.07, 6.45) is -0.148. The Morgan fingerprint density at radius 1 is 0.962 bits per heavy atom. The van der Waals surface area contributed by atoms with Crippen LogP contribution in [0.3, 0.4) is 0 Å². The van der Waals surface area contributed by atoms with Crippen molar-refractivity contribution >= 4 is 17.5 Å². The minimum absolute atomic E-state index is 0.148. The summed E-state index contributed by atoms with van der Waals surface area (Å²) in [7, 11) is 0. The number of carboxylic acids is 1. The van der Waals surface area contributed by atoms with Crippen molar-refractivity contribution in [3.63, 3.8) is 0 Å². The van der Waals surface area contributed by atoms with E-state index in [1.54, 1.807) is 44.2 Å². The molecule has 0 aliphatic heterocycles. The van der Waals surface area contributed by atoms with Gasteiger partial charge < -0.3 is 5.11 Å². The van der Waals surface area contributed by atoms with Gasteiger partial charge in [-0.3, -0.25) is 14.4 Å². The van der Waals surface area contributed by atoms with Crippen molar-refractivity contribution in [2.24, 2.45) is 11.8 Å². The molecule has 26 heavy (non-hydrogen) atoms. The van der Waals surface area contributed by atoms with Crippen LogP contribution >= 0.6 is 0 Å². The molecule has 136 valence electrons. The average molecular weight is 356 g/mol. The Morgan fingerprint density at radius 3 is 2.04 bits per heavy atom. The molecule has 5 heteroatoms. The van der Waals surface area contributed by atoms with Gasteiger partial charge >= 0.3 is 5.97 Å². The Labute approximate surface area is 151 Å². The van der Waals surface area contributed by atoms with Crippen LogP contribution in [0.25, 0.3) is 0 Å². The topological polar surface area (TPSA) is 71.4 Å². The van der Waals surface area contributed by atoms with Gasteiger partial charge in [0.1, 0.15) is 17.5 Å². The first-order valence-corrected chi connectivity index (χ1v) is 8.41. The number of halogens is 1. The predicted molar refractivity (Wildman–Crippen MR) is 95.5 cm³/mol. The lowest BCUT2D eigenvalue weighted by Crippen LogP contribution is -2.34. The molecule has 2 atom stereocenters. The summed E-state index contributed by atoms with van der Waals surface area (Å²) < 4.78 is 13.3. The summed E-state index contributed by atoms with van der Waals surface area (Å²) in [5.41, 5.74) is 0.901. The molecule has 2 aromatic carbocycles. The third-order valence-electron chi connectivity index (χ3n) is 4.34. The van der Waals surface area contributed by atoms with Crippen LogP contribution in [0.1, 0.15) is 42.1 Å². The normalized spacial score (nSPS) is 13.2. The molecule has 0 aliphatic rings. The quantitative estimate of drug-likeness (QED) is 0.571. The van der Waals surface area contributed by atoms with E-state index in [2.05, 4.69) is 0 Å². The third kappa shape index (κ3) is 4.63. The number of rotatable bonds is 8. The lowest BCUT2D eigenvalue weighted by Gasteiger charge is -2.24. The van der Waals surface area contributed by atoms with Crippen LogP contribution in [0.4, 0.5) is 4.39 Å². The molecule has 2 unspecified atom stereocenters. The highest BCUT2D eigenvalue weighted by molar-refractivity contribution is 6.02. The monoisotopic (exact) mass is 356 g/mol. The standard InChI is InChI=1S/C21H21FO4/c1-13(2)20(24)19(21(25)26)17(14-8-10-16(22)11-9-14)12-18(23)15-6-4-3-5-7-15/h3-11,13,17,19H,12H2,1-2H3,(H,25,26). The molecule has 0 aromatic heterocycles. The zero-order valence-electron chi connectivity index (χ0n) is 14.7. The van der Waals surface area contributed by atoms with Gasteiger partial charge in [0.2, 0.25) is 0 Å². The fourth-order valence-corrected chi connectivity index (χ4v) is 2.93. The lowest BCUT2D eigenvalue weighted by atomic mass is 9.77. The van der Waals surface area contributed by atoms with Gasteiger partial charge in [0.15, 0.2) is 5.78 Å². The maximum absolute atomic E-state index is 13.3. The second-order valence-corrected chi connectivity index (χ2v) is 6.52. The summed E-state index contributed by atoms with van der Waals surface area (Å²) in [5, 5.41) is 9.66. The molecule has 0 saturated heterocycles. The van der Waals surface area contributed by atoms with Crippen molar-refractivity contribution in [2.75, 3.05) is 0 Å². The van der Waals surface area contributed by atoms with Crippen LogP contribution < -0.4 is 0 Å². The van der Waals surface area contributed by atoms with Crippen molar-refractivity contribution in [2.45, 2.75) is 26.2 Å². The molecule has 0 saturated carbocycles. The van der Waals surface area contributed by atoms with Crippen LogP contribution in [0, 0.1) is 17.7 Å². The van der Waals surface area contributed by atoms with E-state index in [1.165, 1.54) is 24.3 Å². The van der Waals surface area contributed by atoms with Gasteiger partial charge in [-0.2, -0.15) is 0 Å². The molecule has 0 amide bonds. The van der Waals surface area contributed by atoms with Crippen LogP contribution in [0.5, 0.6) is 0 Å². The first kappa shape index (κ1) is 19.5. The fourth-order valence-electron chi connectivity index (χ4n) is 2.93. The average Bonchev–Trinajstić information content (AvgIpc) is 2.62. The van der Waals surface area contributed by atoms with E-state index in [1.807, 2.05) is 0 Å². The first-order valence-electron chi connectivity index (χ1n) is 8.41. The van der Waals surface area contributed by atoms with E-state index in [0.717, 1.165) is 0 Å². The smallest absolute Gasteiger partial charge is 0.314 e. The van der Waals surface area contributed by atoms with E-state index in [-0.39, 0.29) is 12.2 Å². The molecular formula is C21H21FO4. The van der Waals surface area contributed by atoms with Gasteiger partial charge in [0.05, 0.1) is 0 Å². The summed E-state index contributed by atoms with van der Waals surface area (Å²) >= 11 is 0. The number of carbonyl (C=O) groups excluding carboxylic acids is 2. The van der Waals surface area contributed by atoms with E-state index < -0.39 is 35.3 Å². The van der Waals surface area contributed by atoms with Gasteiger partial charge in [-0.25, -0.2) is 4.39 Å². The van der Waals surface area contributed by atoms with Gasteiger partial charge in [-0.05, 0) is 17.7 Å².